The van der Waals surface area contributed by atoms with Crippen LogP contribution in [-0.4, -0.2) is 32.4 Å². The zero-order valence-corrected chi connectivity index (χ0v) is 15.5. The first-order valence-electron chi connectivity index (χ1n) is 8.69. The Morgan fingerprint density at radius 2 is 1.68 bits per heavy atom. The van der Waals surface area contributed by atoms with Gasteiger partial charge in [0.05, 0.1) is 22.3 Å². The van der Waals surface area contributed by atoms with E-state index in [1.165, 1.54) is 5.56 Å². The normalized spacial score (nSPS) is 25.7. The molecule has 1 saturated carbocycles. The molecule has 5 heteroatoms. The summed E-state index contributed by atoms with van der Waals surface area (Å²) in [5.74, 6) is -0.254. The molecular formula is C20H25NO3S. The van der Waals surface area contributed by atoms with E-state index in [4.69, 9.17) is 10.5 Å². The third kappa shape index (κ3) is 3.24. The monoisotopic (exact) mass is 359 g/mol. The summed E-state index contributed by atoms with van der Waals surface area (Å²) in [6.45, 7) is 4.73. The lowest BCUT2D eigenvalue weighted by molar-refractivity contribution is 0.125. The van der Waals surface area contributed by atoms with Crippen molar-refractivity contribution >= 4 is 9.84 Å². The maximum Gasteiger partial charge on any atom is 0.183 e. The van der Waals surface area contributed by atoms with Crippen molar-refractivity contribution in [1.82, 2.24) is 0 Å². The highest BCUT2D eigenvalue weighted by molar-refractivity contribution is 7.92. The van der Waals surface area contributed by atoms with Crippen LogP contribution >= 0.6 is 0 Å². The molecule has 134 valence electrons. The smallest absolute Gasteiger partial charge is 0.183 e. The summed E-state index contributed by atoms with van der Waals surface area (Å²) < 4.78 is 31.8. The molecule has 1 aliphatic carbocycles. The number of hydrogen-bond donors (Lipinski definition) is 1. The first-order chi connectivity index (χ1) is 11.9. The van der Waals surface area contributed by atoms with E-state index in [1.54, 1.807) is 24.3 Å². The molecule has 0 bridgehead atoms. The van der Waals surface area contributed by atoms with Crippen LogP contribution in [0.5, 0.6) is 0 Å². The van der Waals surface area contributed by atoms with Gasteiger partial charge in [0.15, 0.2) is 9.84 Å². The zero-order valence-electron chi connectivity index (χ0n) is 14.7. The average Bonchev–Trinajstić information content (AvgIpc) is 3.27. The van der Waals surface area contributed by atoms with Crippen LogP contribution in [0.25, 0.3) is 0 Å². The minimum absolute atomic E-state index is 0.237. The Balaban J connectivity index is 1.97. The molecule has 0 spiro atoms. The zero-order chi connectivity index (χ0) is 18.1. The van der Waals surface area contributed by atoms with Crippen LogP contribution in [0.3, 0.4) is 0 Å². The highest BCUT2D eigenvalue weighted by Gasteiger charge is 2.69. The molecule has 0 saturated heterocycles. The van der Waals surface area contributed by atoms with Gasteiger partial charge < -0.3 is 10.5 Å². The Bertz CT molecular complexity index is 818. The largest absolute Gasteiger partial charge is 0.380 e. The minimum Gasteiger partial charge on any atom is -0.380 e. The number of rotatable bonds is 7. The number of ether oxygens (including phenoxy) is 1. The van der Waals surface area contributed by atoms with E-state index in [2.05, 4.69) is 6.92 Å². The Labute approximate surface area is 149 Å². The molecule has 2 aromatic rings. The van der Waals surface area contributed by atoms with Crippen molar-refractivity contribution in [3.8, 4) is 0 Å². The predicted octanol–water partition coefficient (Wildman–Crippen LogP) is 2.92. The Kier molecular flexibility index (Phi) is 5.00. The lowest BCUT2D eigenvalue weighted by atomic mass is 10.0. The molecule has 2 N–H and O–H groups in total. The third-order valence-corrected chi connectivity index (χ3v) is 7.32. The number of benzene rings is 2. The van der Waals surface area contributed by atoms with Crippen LogP contribution < -0.4 is 5.73 Å². The third-order valence-electron chi connectivity index (χ3n) is 5.01. The first kappa shape index (κ1) is 18.1. The molecule has 0 amide bonds. The molecule has 1 fully saturated rings. The molecular weight excluding hydrogens is 334 g/mol. The molecule has 0 heterocycles. The summed E-state index contributed by atoms with van der Waals surface area (Å²) in [5.41, 5.74) is 7.84. The van der Waals surface area contributed by atoms with Gasteiger partial charge in [-0.05, 0) is 36.6 Å². The van der Waals surface area contributed by atoms with Crippen molar-refractivity contribution < 1.29 is 13.2 Å². The maximum absolute atomic E-state index is 13.1. The van der Waals surface area contributed by atoms with Crippen molar-refractivity contribution in [3.63, 3.8) is 0 Å². The topological polar surface area (TPSA) is 69.4 Å². The molecule has 3 atom stereocenters. The van der Waals surface area contributed by atoms with E-state index in [-0.39, 0.29) is 12.5 Å². The first-order valence-corrected chi connectivity index (χ1v) is 10.2. The number of aryl methyl sites for hydroxylation is 1. The van der Waals surface area contributed by atoms with Gasteiger partial charge in [-0.25, -0.2) is 8.42 Å². The van der Waals surface area contributed by atoms with Crippen molar-refractivity contribution in [2.24, 2.45) is 5.73 Å². The van der Waals surface area contributed by atoms with Gasteiger partial charge in [0, 0.05) is 12.5 Å². The van der Waals surface area contributed by atoms with E-state index >= 15 is 0 Å². The highest BCUT2D eigenvalue weighted by atomic mass is 32.2. The van der Waals surface area contributed by atoms with E-state index in [1.807, 2.05) is 37.3 Å². The van der Waals surface area contributed by atoms with Crippen LogP contribution in [-0.2, 0) is 21.0 Å². The van der Waals surface area contributed by atoms with Gasteiger partial charge in [-0.2, -0.15) is 0 Å². The number of nitrogens with two attached hydrogens (primary N) is 1. The molecule has 0 radical (unpaired) electrons. The summed E-state index contributed by atoms with van der Waals surface area (Å²) in [6.07, 6.45) is 0.948. The molecule has 25 heavy (non-hydrogen) atoms. The van der Waals surface area contributed by atoms with Crippen molar-refractivity contribution in [2.75, 3.05) is 13.2 Å². The van der Waals surface area contributed by atoms with Crippen LogP contribution in [0.2, 0.25) is 0 Å². The van der Waals surface area contributed by atoms with Crippen LogP contribution in [0.15, 0.2) is 59.5 Å². The van der Waals surface area contributed by atoms with Gasteiger partial charge in [0.25, 0.3) is 0 Å². The Morgan fingerprint density at radius 1 is 1.04 bits per heavy atom. The second-order valence-electron chi connectivity index (χ2n) is 6.60. The van der Waals surface area contributed by atoms with Crippen LogP contribution in [0, 0.1) is 0 Å². The van der Waals surface area contributed by atoms with Crippen molar-refractivity contribution in [1.29, 1.82) is 0 Å². The molecule has 1 aliphatic rings. The van der Waals surface area contributed by atoms with E-state index < -0.39 is 20.6 Å². The molecule has 3 rings (SSSR count). The Hall–Kier alpha value is -1.69. The molecule has 0 unspecified atom stereocenters. The second kappa shape index (κ2) is 6.90. The minimum atomic E-state index is -3.52. The summed E-state index contributed by atoms with van der Waals surface area (Å²) in [4.78, 5) is 0.319. The average molecular weight is 359 g/mol. The standard InChI is InChI=1S/C20H25NO3S/c1-3-15-10-12-16(13-11-15)18-19(20(18,21)14-24-4-2)25(22,23)17-8-6-5-7-9-17/h5-13,18-19H,3-4,14,21H2,1-2H3/t18-,19-,20-/m0/s1. The quantitative estimate of drug-likeness (QED) is 0.825. The van der Waals surface area contributed by atoms with Crippen LogP contribution in [0.4, 0.5) is 0 Å². The SMILES string of the molecule is CCOC[C@]1(N)[C@@H](c2ccc(CC)cc2)[C@@H]1S(=O)(=O)c1ccccc1. The Morgan fingerprint density at radius 3 is 2.24 bits per heavy atom. The fourth-order valence-electron chi connectivity index (χ4n) is 3.54. The molecule has 4 nitrogen and oxygen atoms in total. The van der Waals surface area contributed by atoms with Gasteiger partial charge in [0.1, 0.15) is 0 Å². The molecule has 0 aliphatic heterocycles. The number of hydrogen-bond acceptors (Lipinski definition) is 4. The maximum atomic E-state index is 13.1. The lowest BCUT2D eigenvalue weighted by Crippen LogP contribution is -2.36. The lowest BCUT2D eigenvalue weighted by Gasteiger charge is -2.12. The van der Waals surface area contributed by atoms with Gasteiger partial charge in [-0.15, -0.1) is 0 Å². The number of sulfone groups is 1. The van der Waals surface area contributed by atoms with Crippen molar-refractivity contribution in [3.05, 3.63) is 65.7 Å². The molecule has 2 aromatic carbocycles. The van der Waals surface area contributed by atoms with E-state index in [0.29, 0.717) is 11.5 Å². The summed E-state index contributed by atoms with van der Waals surface area (Å²) in [7, 11) is -3.52. The van der Waals surface area contributed by atoms with Gasteiger partial charge in [-0.3, -0.25) is 0 Å². The van der Waals surface area contributed by atoms with Gasteiger partial charge in [0.2, 0.25) is 0 Å². The summed E-state index contributed by atoms with van der Waals surface area (Å²) in [5, 5.41) is -0.665. The fourth-order valence-corrected chi connectivity index (χ4v) is 5.86. The van der Waals surface area contributed by atoms with E-state index in [9.17, 15) is 8.42 Å². The predicted molar refractivity (Wildman–Crippen MR) is 99.4 cm³/mol. The fraction of sp³-hybridized carbons (Fsp3) is 0.400. The van der Waals surface area contributed by atoms with Gasteiger partial charge in [-0.1, -0.05) is 49.4 Å². The van der Waals surface area contributed by atoms with Crippen molar-refractivity contribution in [2.45, 2.75) is 41.9 Å². The summed E-state index contributed by atoms with van der Waals surface area (Å²) >= 11 is 0. The second-order valence-corrected chi connectivity index (χ2v) is 8.67. The van der Waals surface area contributed by atoms with Gasteiger partial charge >= 0.3 is 0 Å². The highest BCUT2D eigenvalue weighted by Crippen LogP contribution is 2.55. The van der Waals surface area contributed by atoms with E-state index in [0.717, 1.165) is 12.0 Å². The van der Waals surface area contributed by atoms with Crippen LogP contribution in [0.1, 0.15) is 30.9 Å². The molecule has 0 aromatic heterocycles. The summed E-state index contributed by atoms with van der Waals surface area (Å²) in [6, 6.07) is 16.6.